The lowest BCUT2D eigenvalue weighted by Gasteiger charge is -2.10. The van der Waals surface area contributed by atoms with E-state index in [1.807, 2.05) is 0 Å². The third-order valence-electron chi connectivity index (χ3n) is 4.54. The van der Waals surface area contributed by atoms with Gasteiger partial charge in [-0.1, -0.05) is 50.5 Å². The quantitative estimate of drug-likeness (QED) is 0.569. The molecule has 150 valence electrons. The number of carboxylic acids is 1. The van der Waals surface area contributed by atoms with Crippen LogP contribution in [0, 0.1) is 5.82 Å². The van der Waals surface area contributed by atoms with E-state index in [9.17, 15) is 14.0 Å². The van der Waals surface area contributed by atoms with Crippen LogP contribution in [-0.4, -0.2) is 23.7 Å². The minimum atomic E-state index is -1.00. The molecule has 0 radical (unpaired) electrons. The molecule has 0 saturated heterocycles. The fraction of sp³-hybridized carbons (Fsp3) is 0.364. The molecule has 0 aliphatic heterocycles. The van der Waals surface area contributed by atoms with Gasteiger partial charge in [-0.25, -0.2) is 9.18 Å². The minimum absolute atomic E-state index is 0.355. The SMILES string of the molecule is CCCCCCNC(=O)Oc1ccc(-c2ccc(C(C)C(=O)O)cc2F)cc1. The highest BCUT2D eigenvalue weighted by molar-refractivity contribution is 5.76. The van der Waals surface area contributed by atoms with Gasteiger partial charge in [0, 0.05) is 12.1 Å². The standard InChI is InChI=1S/C22H26FNO4/c1-3-4-5-6-13-24-22(27)28-18-10-7-16(8-11-18)19-12-9-17(14-20(19)23)15(2)21(25)26/h7-12,14-15H,3-6,13H2,1-2H3,(H,24,27)(H,25,26). The second-order valence-corrected chi connectivity index (χ2v) is 6.70. The molecular weight excluding hydrogens is 361 g/mol. The van der Waals surface area contributed by atoms with Crippen molar-refractivity contribution in [3.05, 3.63) is 53.8 Å². The monoisotopic (exact) mass is 387 g/mol. The van der Waals surface area contributed by atoms with Crippen LogP contribution in [0.1, 0.15) is 51.0 Å². The predicted molar refractivity (Wildman–Crippen MR) is 106 cm³/mol. The number of carbonyl (C=O) groups excluding carboxylic acids is 1. The lowest BCUT2D eigenvalue weighted by atomic mass is 9.97. The molecule has 1 unspecified atom stereocenters. The Labute approximate surface area is 164 Å². The number of hydrogen-bond donors (Lipinski definition) is 2. The van der Waals surface area contributed by atoms with Crippen molar-refractivity contribution in [3.63, 3.8) is 0 Å². The first kappa shape index (κ1) is 21.4. The molecule has 2 aromatic carbocycles. The molecule has 0 spiro atoms. The van der Waals surface area contributed by atoms with Crippen LogP contribution in [0.25, 0.3) is 11.1 Å². The zero-order valence-corrected chi connectivity index (χ0v) is 16.2. The zero-order valence-electron chi connectivity index (χ0n) is 16.2. The molecule has 0 aliphatic rings. The summed E-state index contributed by atoms with van der Waals surface area (Å²) < 4.78 is 19.6. The summed E-state index contributed by atoms with van der Waals surface area (Å²) in [5.41, 5.74) is 1.37. The summed E-state index contributed by atoms with van der Waals surface area (Å²) in [6, 6.07) is 10.9. The molecule has 5 nitrogen and oxygen atoms in total. The van der Waals surface area contributed by atoms with E-state index in [1.165, 1.54) is 13.0 Å². The third kappa shape index (κ3) is 6.08. The van der Waals surface area contributed by atoms with Gasteiger partial charge in [-0.3, -0.25) is 4.79 Å². The van der Waals surface area contributed by atoms with E-state index < -0.39 is 23.8 Å². The van der Waals surface area contributed by atoms with Crippen LogP contribution in [0.3, 0.4) is 0 Å². The molecule has 2 rings (SSSR count). The van der Waals surface area contributed by atoms with E-state index >= 15 is 0 Å². The average molecular weight is 387 g/mol. The Balaban J connectivity index is 1.97. The molecule has 1 amide bonds. The van der Waals surface area contributed by atoms with Gasteiger partial charge in [-0.15, -0.1) is 0 Å². The van der Waals surface area contributed by atoms with Gasteiger partial charge in [-0.2, -0.15) is 0 Å². The molecule has 0 saturated carbocycles. The molecule has 2 aromatic rings. The van der Waals surface area contributed by atoms with Gasteiger partial charge in [0.05, 0.1) is 5.92 Å². The molecule has 0 fully saturated rings. The number of benzene rings is 2. The van der Waals surface area contributed by atoms with Crippen molar-refractivity contribution in [3.8, 4) is 16.9 Å². The number of unbranched alkanes of at least 4 members (excludes halogenated alkanes) is 3. The number of halogens is 1. The van der Waals surface area contributed by atoms with Gasteiger partial charge in [0.2, 0.25) is 0 Å². The Morgan fingerprint density at radius 1 is 1.11 bits per heavy atom. The number of carbonyl (C=O) groups is 2. The van der Waals surface area contributed by atoms with Gasteiger partial charge in [0.25, 0.3) is 0 Å². The fourth-order valence-electron chi connectivity index (χ4n) is 2.77. The van der Waals surface area contributed by atoms with Crippen molar-refractivity contribution in [2.45, 2.75) is 45.4 Å². The van der Waals surface area contributed by atoms with E-state index in [0.29, 0.717) is 29.0 Å². The van der Waals surface area contributed by atoms with Gasteiger partial charge in [0.15, 0.2) is 0 Å². The Kier molecular flexibility index (Phi) is 7.99. The summed E-state index contributed by atoms with van der Waals surface area (Å²) in [5, 5.41) is 11.7. The van der Waals surface area contributed by atoms with E-state index in [2.05, 4.69) is 12.2 Å². The van der Waals surface area contributed by atoms with Gasteiger partial charge >= 0.3 is 12.1 Å². The molecular formula is C22H26FNO4. The summed E-state index contributed by atoms with van der Waals surface area (Å²) in [6.45, 7) is 4.21. The molecule has 0 heterocycles. The summed E-state index contributed by atoms with van der Waals surface area (Å²) in [6.07, 6.45) is 3.75. The van der Waals surface area contributed by atoms with Crippen molar-refractivity contribution in [2.75, 3.05) is 6.54 Å². The predicted octanol–water partition coefficient (Wildman–Crippen LogP) is 5.35. The van der Waals surface area contributed by atoms with Crippen LogP contribution >= 0.6 is 0 Å². The molecule has 0 bridgehead atoms. The van der Waals surface area contributed by atoms with Crippen molar-refractivity contribution in [1.29, 1.82) is 0 Å². The van der Waals surface area contributed by atoms with Crippen molar-refractivity contribution in [1.82, 2.24) is 5.32 Å². The largest absolute Gasteiger partial charge is 0.481 e. The number of nitrogens with one attached hydrogen (secondary N) is 1. The van der Waals surface area contributed by atoms with Crippen LogP contribution in [0.2, 0.25) is 0 Å². The summed E-state index contributed by atoms with van der Waals surface area (Å²) in [5.74, 6) is -1.91. The van der Waals surface area contributed by atoms with Gasteiger partial charge in [0.1, 0.15) is 11.6 Å². The lowest BCUT2D eigenvalue weighted by molar-refractivity contribution is -0.138. The molecule has 6 heteroatoms. The molecule has 0 aliphatic carbocycles. The number of aliphatic carboxylic acids is 1. The average Bonchev–Trinajstić information content (AvgIpc) is 2.68. The second-order valence-electron chi connectivity index (χ2n) is 6.70. The topological polar surface area (TPSA) is 75.6 Å². The molecule has 2 N–H and O–H groups in total. The fourth-order valence-corrected chi connectivity index (χ4v) is 2.77. The zero-order chi connectivity index (χ0) is 20.5. The maximum atomic E-state index is 14.4. The van der Waals surface area contributed by atoms with Crippen LogP contribution < -0.4 is 10.1 Å². The third-order valence-corrected chi connectivity index (χ3v) is 4.54. The van der Waals surface area contributed by atoms with Crippen LogP contribution in [0.5, 0.6) is 5.75 Å². The van der Waals surface area contributed by atoms with Crippen molar-refractivity contribution in [2.24, 2.45) is 0 Å². The lowest BCUT2D eigenvalue weighted by Crippen LogP contribution is -2.27. The first-order chi connectivity index (χ1) is 13.4. The molecule has 28 heavy (non-hydrogen) atoms. The minimum Gasteiger partial charge on any atom is -0.481 e. The van der Waals surface area contributed by atoms with Crippen LogP contribution in [0.15, 0.2) is 42.5 Å². The number of amides is 1. The summed E-state index contributed by atoms with van der Waals surface area (Å²) in [7, 11) is 0. The normalized spacial score (nSPS) is 11.7. The Hall–Kier alpha value is -2.89. The Morgan fingerprint density at radius 3 is 2.43 bits per heavy atom. The Bertz CT molecular complexity index is 805. The van der Waals surface area contributed by atoms with E-state index in [4.69, 9.17) is 9.84 Å². The Morgan fingerprint density at radius 2 is 1.82 bits per heavy atom. The van der Waals surface area contributed by atoms with Gasteiger partial charge < -0.3 is 15.2 Å². The second kappa shape index (κ2) is 10.4. The number of hydrogen-bond acceptors (Lipinski definition) is 3. The maximum absolute atomic E-state index is 14.4. The highest BCUT2D eigenvalue weighted by Crippen LogP contribution is 2.28. The van der Waals surface area contributed by atoms with E-state index in [-0.39, 0.29) is 0 Å². The number of carboxylic acid groups (broad SMARTS) is 1. The number of ether oxygens (including phenoxy) is 1. The van der Waals surface area contributed by atoms with Crippen LogP contribution in [0.4, 0.5) is 9.18 Å². The first-order valence-corrected chi connectivity index (χ1v) is 9.50. The first-order valence-electron chi connectivity index (χ1n) is 9.50. The highest BCUT2D eigenvalue weighted by atomic mass is 19.1. The van der Waals surface area contributed by atoms with Gasteiger partial charge in [-0.05, 0) is 42.7 Å². The van der Waals surface area contributed by atoms with Crippen molar-refractivity contribution >= 4 is 12.1 Å². The summed E-state index contributed by atoms with van der Waals surface area (Å²) >= 11 is 0. The van der Waals surface area contributed by atoms with E-state index in [0.717, 1.165) is 25.7 Å². The molecule has 0 aromatic heterocycles. The summed E-state index contributed by atoms with van der Waals surface area (Å²) in [4.78, 5) is 22.8. The smallest absolute Gasteiger partial charge is 0.412 e. The van der Waals surface area contributed by atoms with E-state index in [1.54, 1.807) is 36.4 Å². The molecule has 1 atom stereocenters. The number of rotatable bonds is 9. The van der Waals surface area contributed by atoms with Crippen LogP contribution in [-0.2, 0) is 4.79 Å². The highest BCUT2D eigenvalue weighted by Gasteiger charge is 2.16. The maximum Gasteiger partial charge on any atom is 0.412 e. The van der Waals surface area contributed by atoms with Crippen molar-refractivity contribution < 1.29 is 23.8 Å².